The van der Waals surface area contributed by atoms with E-state index < -0.39 is 0 Å². The molecule has 0 unspecified atom stereocenters. The molecule has 2 bridgehead atoms. The molecule has 0 saturated heterocycles. The Morgan fingerprint density at radius 3 is 2.53 bits per heavy atom. The number of ether oxygens (including phenoxy) is 1. The number of rotatable bonds is 4. The Kier molecular flexibility index (Phi) is 4.67. The number of methoxy groups -OCH3 is 1. The number of fused-ring (bicyclic) bond motifs is 7. The molecular formula is C28H28N2O2. The normalized spacial score (nSPS) is 27.2. The SMILES string of the molecule is COc1ccc(NC(=O)c2ccc3c(c2)[C@H]2[C@@H]4CC[C@H](C4)[C@@H]2[C@H](c2ccccc2)N3)cc1. The van der Waals surface area contributed by atoms with Crippen LogP contribution in [0.15, 0.2) is 72.8 Å². The van der Waals surface area contributed by atoms with Crippen molar-refractivity contribution in [2.24, 2.45) is 17.8 Å². The first kappa shape index (κ1) is 19.4. The van der Waals surface area contributed by atoms with Crippen LogP contribution in [0.4, 0.5) is 11.4 Å². The maximum Gasteiger partial charge on any atom is 0.255 e. The monoisotopic (exact) mass is 424 g/mol. The summed E-state index contributed by atoms with van der Waals surface area (Å²) in [6.07, 6.45) is 3.97. The summed E-state index contributed by atoms with van der Waals surface area (Å²) in [7, 11) is 1.64. The van der Waals surface area contributed by atoms with Crippen molar-refractivity contribution in [3.8, 4) is 5.75 Å². The van der Waals surface area contributed by atoms with Crippen molar-refractivity contribution in [2.75, 3.05) is 17.7 Å². The predicted octanol–water partition coefficient (Wildman–Crippen LogP) is 6.24. The lowest BCUT2D eigenvalue weighted by atomic mass is 9.68. The van der Waals surface area contributed by atoms with Gasteiger partial charge in [0.2, 0.25) is 0 Å². The fourth-order valence-corrected chi connectivity index (χ4v) is 6.50. The van der Waals surface area contributed by atoms with Crippen LogP contribution in [0, 0.1) is 17.8 Å². The van der Waals surface area contributed by atoms with Crippen LogP contribution in [0.5, 0.6) is 5.75 Å². The zero-order valence-corrected chi connectivity index (χ0v) is 18.3. The molecule has 1 aliphatic heterocycles. The second-order valence-corrected chi connectivity index (χ2v) is 9.45. The van der Waals surface area contributed by atoms with Gasteiger partial charge < -0.3 is 15.4 Å². The van der Waals surface area contributed by atoms with Crippen molar-refractivity contribution in [3.63, 3.8) is 0 Å². The van der Waals surface area contributed by atoms with Gasteiger partial charge in [0.15, 0.2) is 0 Å². The van der Waals surface area contributed by atoms with Crippen molar-refractivity contribution < 1.29 is 9.53 Å². The van der Waals surface area contributed by atoms with E-state index in [2.05, 4.69) is 53.1 Å². The Bertz CT molecular complexity index is 1140. The van der Waals surface area contributed by atoms with Crippen LogP contribution in [0.3, 0.4) is 0 Å². The van der Waals surface area contributed by atoms with Crippen LogP contribution >= 0.6 is 0 Å². The summed E-state index contributed by atoms with van der Waals surface area (Å²) in [6, 6.07) is 24.9. The lowest BCUT2D eigenvalue weighted by Gasteiger charge is -2.43. The molecule has 1 amide bonds. The second kappa shape index (κ2) is 7.70. The minimum atomic E-state index is -0.0668. The van der Waals surface area contributed by atoms with Crippen molar-refractivity contribution in [3.05, 3.63) is 89.5 Å². The van der Waals surface area contributed by atoms with Gasteiger partial charge in [-0.05, 0) is 96.5 Å². The van der Waals surface area contributed by atoms with Gasteiger partial charge in [-0.25, -0.2) is 0 Å². The molecule has 0 aromatic heterocycles. The van der Waals surface area contributed by atoms with Gasteiger partial charge in [0.25, 0.3) is 5.91 Å². The van der Waals surface area contributed by atoms with E-state index in [0.717, 1.165) is 28.8 Å². The summed E-state index contributed by atoms with van der Waals surface area (Å²) in [4.78, 5) is 13.0. The van der Waals surface area contributed by atoms with Gasteiger partial charge in [0.1, 0.15) is 5.75 Å². The summed E-state index contributed by atoms with van der Waals surface area (Å²) in [5.74, 6) is 3.35. The number of carbonyl (C=O) groups is 1. The Hall–Kier alpha value is -3.27. The summed E-state index contributed by atoms with van der Waals surface area (Å²) in [5.41, 5.74) is 5.39. The predicted molar refractivity (Wildman–Crippen MR) is 127 cm³/mol. The highest BCUT2D eigenvalue weighted by Crippen LogP contribution is 2.63. The molecule has 3 aromatic rings. The van der Waals surface area contributed by atoms with Crippen molar-refractivity contribution >= 4 is 17.3 Å². The zero-order valence-electron chi connectivity index (χ0n) is 18.3. The van der Waals surface area contributed by atoms with Crippen molar-refractivity contribution in [2.45, 2.75) is 31.2 Å². The van der Waals surface area contributed by atoms with E-state index in [9.17, 15) is 4.79 Å². The molecule has 2 aliphatic carbocycles. The number of benzene rings is 3. The molecule has 3 aromatic carbocycles. The van der Waals surface area contributed by atoms with Crippen LogP contribution in [0.1, 0.15) is 52.7 Å². The zero-order chi connectivity index (χ0) is 21.7. The third-order valence-corrected chi connectivity index (χ3v) is 7.86. The molecule has 2 fully saturated rings. The molecule has 0 radical (unpaired) electrons. The summed E-state index contributed by atoms with van der Waals surface area (Å²) in [6.45, 7) is 0. The maximum atomic E-state index is 13.0. The Labute approximate surface area is 189 Å². The van der Waals surface area contributed by atoms with Crippen molar-refractivity contribution in [1.29, 1.82) is 0 Å². The van der Waals surface area contributed by atoms with E-state index in [1.165, 1.54) is 36.1 Å². The molecule has 2 N–H and O–H groups in total. The van der Waals surface area contributed by atoms with Crippen LogP contribution < -0.4 is 15.4 Å². The highest BCUT2D eigenvalue weighted by molar-refractivity contribution is 6.04. The highest BCUT2D eigenvalue weighted by atomic mass is 16.5. The Balaban J connectivity index is 1.32. The largest absolute Gasteiger partial charge is 0.497 e. The molecule has 5 atom stereocenters. The molecule has 0 spiro atoms. The molecule has 162 valence electrons. The van der Waals surface area contributed by atoms with Crippen LogP contribution in [-0.4, -0.2) is 13.0 Å². The third-order valence-electron chi connectivity index (χ3n) is 7.86. The Morgan fingerprint density at radius 2 is 1.75 bits per heavy atom. The van der Waals surface area contributed by atoms with E-state index >= 15 is 0 Å². The summed E-state index contributed by atoms with van der Waals surface area (Å²) in [5, 5.41) is 6.88. The second-order valence-electron chi connectivity index (χ2n) is 9.45. The molecule has 2 saturated carbocycles. The van der Waals surface area contributed by atoms with E-state index in [4.69, 9.17) is 4.74 Å². The van der Waals surface area contributed by atoms with Gasteiger partial charge in [-0.15, -0.1) is 0 Å². The van der Waals surface area contributed by atoms with Gasteiger partial charge in [0.05, 0.1) is 13.2 Å². The lowest BCUT2D eigenvalue weighted by Crippen LogP contribution is -2.35. The van der Waals surface area contributed by atoms with E-state index in [1.54, 1.807) is 7.11 Å². The van der Waals surface area contributed by atoms with E-state index in [0.29, 0.717) is 17.9 Å². The van der Waals surface area contributed by atoms with Gasteiger partial charge in [-0.3, -0.25) is 4.79 Å². The quantitative estimate of drug-likeness (QED) is 0.521. The molecule has 4 heteroatoms. The topological polar surface area (TPSA) is 50.4 Å². The minimum Gasteiger partial charge on any atom is -0.497 e. The van der Waals surface area contributed by atoms with Gasteiger partial charge in [-0.1, -0.05) is 30.3 Å². The smallest absolute Gasteiger partial charge is 0.255 e. The molecule has 1 heterocycles. The van der Waals surface area contributed by atoms with Crippen LogP contribution in [-0.2, 0) is 0 Å². The van der Waals surface area contributed by atoms with Gasteiger partial charge >= 0.3 is 0 Å². The van der Waals surface area contributed by atoms with E-state index in [-0.39, 0.29) is 5.91 Å². The first-order valence-corrected chi connectivity index (χ1v) is 11.6. The first-order chi connectivity index (χ1) is 15.7. The average Bonchev–Trinajstić information content (AvgIpc) is 3.47. The van der Waals surface area contributed by atoms with Crippen LogP contribution in [0.25, 0.3) is 0 Å². The fourth-order valence-electron chi connectivity index (χ4n) is 6.50. The van der Waals surface area contributed by atoms with Crippen molar-refractivity contribution in [1.82, 2.24) is 0 Å². The van der Waals surface area contributed by atoms with E-state index in [1.807, 2.05) is 30.3 Å². The van der Waals surface area contributed by atoms with Crippen LogP contribution in [0.2, 0.25) is 0 Å². The number of hydrogen-bond acceptors (Lipinski definition) is 3. The number of carbonyl (C=O) groups excluding carboxylic acids is 1. The van der Waals surface area contributed by atoms with Gasteiger partial charge in [-0.2, -0.15) is 0 Å². The molecule has 4 nitrogen and oxygen atoms in total. The minimum absolute atomic E-state index is 0.0668. The molecular weight excluding hydrogens is 396 g/mol. The number of hydrogen-bond donors (Lipinski definition) is 2. The molecule has 3 aliphatic rings. The van der Waals surface area contributed by atoms with Gasteiger partial charge in [0, 0.05) is 16.9 Å². The highest BCUT2D eigenvalue weighted by Gasteiger charge is 2.53. The first-order valence-electron chi connectivity index (χ1n) is 11.6. The average molecular weight is 425 g/mol. The number of amides is 1. The third kappa shape index (κ3) is 3.17. The Morgan fingerprint density at radius 1 is 0.969 bits per heavy atom. The summed E-state index contributed by atoms with van der Waals surface area (Å²) < 4.78 is 5.21. The summed E-state index contributed by atoms with van der Waals surface area (Å²) >= 11 is 0. The number of nitrogens with one attached hydrogen (secondary N) is 2. The lowest BCUT2D eigenvalue weighted by molar-refractivity contribution is 0.102. The standard InChI is InChI=1S/C28H28N2O2/c1-32-22-12-10-21(11-13-22)29-28(31)20-9-14-24-23(16-20)25-18-7-8-19(15-18)26(25)27(30-24)17-5-3-2-4-6-17/h2-6,9-14,16,18-19,25-27,30H,7-8,15H2,1H3,(H,29,31)/t18-,19-,25-,26+,27+/m1/s1. The molecule has 6 rings (SSSR count). The number of anilines is 2. The fraction of sp³-hybridized carbons (Fsp3) is 0.321. The maximum absolute atomic E-state index is 13.0. The molecule has 32 heavy (non-hydrogen) atoms.